The van der Waals surface area contributed by atoms with Crippen molar-refractivity contribution in [3.8, 4) is 0 Å². The van der Waals surface area contributed by atoms with Gasteiger partial charge in [-0.2, -0.15) is 0 Å². The number of carbonyl (C=O) groups is 1. The lowest BCUT2D eigenvalue weighted by Gasteiger charge is -2.28. The molecule has 0 saturated heterocycles. The van der Waals surface area contributed by atoms with Crippen molar-refractivity contribution in [1.29, 1.82) is 0 Å². The van der Waals surface area contributed by atoms with Crippen LogP contribution in [-0.2, 0) is 17.8 Å². The second kappa shape index (κ2) is 9.59. The fourth-order valence-electron chi connectivity index (χ4n) is 2.97. The maximum atomic E-state index is 11.8. The molecule has 0 aromatic heterocycles. The summed E-state index contributed by atoms with van der Waals surface area (Å²) in [6.07, 6.45) is 6.05. The smallest absolute Gasteiger partial charge is 0.220 e. The van der Waals surface area contributed by atoms with Crippen LogP contribution in [0.2, 0.25) is 0 Å². The van der Waals surface area contributed by atoms with Crippen molar-refractivity contribution in [3.63, 3.8) is 0 Å². The minimum Gasteiger partial charge on any atom is -0.355 e. The van der Waals surface area contributed by atoms with Crippen LogP contribution in [0, 0.1) is 0 Å². The molecular weight excluding hydrogens is 274 g/mol. The minimum atomic E-state index is 0.185. The van der Waals surface area contributed by atoms with E-state index in [-0.39, 0.29) is 5.91 Å². The molecule has 0 saturated carbocycles. The van der Waals surface area contributed by atoms with Crippen molar-refractivity contribution in [2.75, 3.05) is 26.2 Å². The van der Waals surface area contributed by atoms with Crippen molar-refractivity contribution >= 4 is 5.91 Å². The van der Waals surface area contributed by atoms with Crippen molar-refractivity contribution in [3.05, 3.63) is 35.4 Å². The van der Waals surface area contributed by atoms with Crippen LogP contribution in [0.1, 0.15) is 43.2 Å². The Bertz CT molecular complexity index is 461. The number of nitrogens with two attached hydrogens (primary N) is 1. The highest BCUT2D eigenvalue weighted by atomic mass is 16.1. The van der Waals surface area contributed by atoms with Crippen molar-refractivity contribution in [2.24, 2.45) is 5.73 Å². The summed E-state index contributed by atoms with van der Waals surface area (Å²) in [6, 6.07) is 8.65. The largest absolute Gasteiger partial charge is 0.355 e. The van der Waals surface area contributed by atoms with E-state index in [1.165, 1.54) is 11.1 Å². The lowest BCUT2D eigenvalue weighted by molar-refractivity contribution is -0.121. The first-order chi connectivity index (χ1) is 10.8. The molecule has 4 nitrogen and oxygen atoms in total. The Morgan fingerprint density at radius 3 is 2.73 bits per heavy atom. The summed E-state index contributed by atoms with van der Waals surface area (Å²) in [5.41, 5.74) is 8.36. The standard InChI is InChI=1S/C18H29N3O/c19-11-6-2-1-3-9-18(22)20-12-14-21-13-10-16-7-4-5-8-17(16)15-21/h4-5,7-8H,1-3,6,9-15,19H2,(H,20,22). The number of fused-ring (bicyclic) bond motifs is 1. The van der Waals surface area contributed by atoms with Crippen LogP contribution in [0.3, 0.4) is 0 Å². The molecule has 3 N–H and O–H groups in total. The van der Waals surface area contributed by atoms with Crippen molar-refractivity contribution in [2.45, 2.75) is 45.1 Å². The van der Waals surface area contributed by atoms with Gasteiger partial charge in [-0.15, -0.1) is 0 Å². The van der Waals surface area contributed by atoms with Gasteiger partial charge in [0.1, 0.15) is 0 Å². The molecule has 1 aromatic rings. The zero-order valence-electron chi connectivity index (χ0n) is 13.5. The Morgan fingerprint density at radius 1 is 1.14 bits per heavy atom. The number of unbranched alkanes of at least 4 members (excludes halogenated alkanes) is 3. The molecule has 4 heteroatoms. The lowest BCUT2D eigenvalue weighted by Crippen LogP contribution is -2.37. The summed E-state index contributed by atoms with van der Waals surface area (Å²) in [5.74, 6) is 0.185. The molecule has 0 radical (unpaired) electrons. The van der Waals surface area contributed by atoms with Gasteiger partial charge in [0.2, 0.25) is 5.91 Å². The van der Waals surface area contributed by atoms with Crippen molar-refractivity contribution < 1.29 is 4.79 Å². The Balaban J connectivity index is 1.56. The van der Waals surface area contributed by atoms with E-state index in [2.05, 4.69) is 34.5 Å². The maximum absolute atomic E-state index is 11.8. The Labute approximate surface area is 134 Å². The molecule has 0 bridgehead atoms. The Morgan fingerprint density at radius 2 is 1.91 bits per heavy atom. The van der Waals surface area contributed by atoms with E-state index >= 15 is 0 Å². The predicted octanol–water partition coefficient (Wildman–Crippen LogP) is 2.07. The van der Waals surface area contributed by atoms with Crippen LogP contribution in [0.25, 0.3) is 0 Å². The van der Waals surface area contributed by atoms with Gasteiger partial charge >= 0.3 is 0 Å². The molecule has 0 aliphatic carbocycles. The van der Waals surface area contributed by atoms with E-state index in [9.17, 15) is 4.79 Å². The molecule has 0 atom stereocenters. The third-order valence-electron chi connectivity index (χ3n) is 4.32. The predicted molar refractivity (Wildman–Crippen MR) is 90.6 cm³/mol. The van der Waals surface area contributed by atoms with E-state index in [1.54, 1.807) is 0 Å². The molecule has 1 heterocycles. The van der Waals surface area contributed by atoms with Gasteiger partial charge in [0, 0.05) is 32.6 Å². The molecule has 1 aliphatic heterocycles. The van der Waals surface area contributed by atoms with Crippen LogP contribution in [0.15, 0.2) is 24.3 Å². The summed E-state index contributed by atoms with van der Waals surface area (Å²) in [4.78, 5) is 14.2. The summed E-state index contributed by atoms with van der Waals surface area (Å²) >= 11 is 0. The normalized spacial score (nSPS) is 14.6. The second-order valence-electron chi connectivity index (χ2n) is 6.10. The highest BCUT2D eigenvalue weighted by Crippen LogP contribution is 2.17. The van der Waals surface area contributed by atoms with E-state index in [0.29, 0.717) is 6.42 Å². The van der Waals surface area contributed by atoms with Gasteiger partial charge in [0.25, 0.3) is 0 Å². The maximum Gasteiger partial charge on any atom is 0.220 e. The molecule has 1 aliphatic rings. The SMILES string of the molecule is NCCCCCCC(=O)NCCN1CCc2ccccc2C1. The average Bonchev–Trinajstić information content (AvgIpc) is 2.54. The number of benzene rings is 1. The van der Waals surface area contributed by atoms with E-state index < -0.39 is 0 Å². The van der Waals surface area contributed by atoms with E-state index in [0.717, 1.165) is 64.8 Å². The third-order valence-corrected chi connectivity index (χ3v) is 4.32. The monoisotopic (exact) mass is 303 g/mol. The van der Waals surface area contributed by atoms with Gasteiger partial charge in [0.15, 0.2) is 0 Å². The molecular formula is C18H29N3O. The summed E-state index contributed by atoms with van der Waals surface area (Å²) in [6.45, 7) is 4.54. The van der Waals surface area contributed by atoms with Crippen LogP contribution < -0.4 is 11.1 Å². The second-order valence-corrected chi connectivity index (χ2v) is 6.10. The quantitative estimate of drug-likeness (QED) is 0.687. The van der Waals surface area contributed by atoms with E-state index in [4.69, 9.17) is 5.73 Å². The first kappa shape index (κ1) is 17.0. The number of amides is 1. The van der Waals surface area contributed by atoms with Crippen LogP contribution in [-0.4, -0.2) is 37.0 Å². The molecule has 122 valence electrons. The zero-order chi connectivity index (χ0) is 15.6. The highest BCUT2D eigenvalue weighted by molar-refractivity contribution is 5.75. The third kappa shape index (κ3) is 5.78. The summed E-state index contributed by atoms with van der Waals surface area (Å²) < 4.78 is 0. The summed E-state index contributed by atoms with van der Waals surface area (Å²) in [7, 11) is 0. The van der Waals surface area contributed by atoms with Gasteiger partial charge in [-0.3, -0.25) is 9.69 Å². The summed E-state index contributed by atoms with van der Waals surface area (Å²) in [5, 5.41) is 3.04. The van der Waals surface area contributed by atoms with Crippen molar-refractivity contribution in [1.82, 2.24) is 10.2 Å². The highest BCUT2D eigenvalue weighted by Gasteiger charge is 2.15. The molecule has 22 heavy (non-hydrogen) atoms. The molecule has 2 rings (SSSR count). The zero-order valence-corrected chi connectivity index (χ0v) is 13.5. The van der Waals surface area contributed by atoms with Crippen LogP contribution in [0.5, 0.6) is 0 Å². The number of nitrogens with zero attached hydrogens (tertiary/aromatic N) is 1. The minimum absolute atomic E-state index is 0.185. The van der Waals surface area contributed by atoms with Gasteiger partial charge in [0.05, 0.1) is 0 Å². The molecule has 0 fully saturated rings. The number of hydrogen-bond acceptors (Lipinski definition) is 3. The fourth-order valence-corrected chi connectivity index (χ4v) is 2.97. The number of carbonyl (C=O) groups excluding carboxylic acids is 1. The van der Waals surface area contributed by atoms with Gasteiger partial charge < -0.3 is 11.1 Å². The molecule has 0 spiro atoms. The average molecular weight is 303 g/mol. The first-order valence-corrected chi connectivity index (χ1v) is 8.55. The van der Waals surface area contributed by atoms with Gasteiger partial charge in [-0.25, -0.2) is 0 Å². The molecule has 0 unspecified atom stereocenters. The molecule has 1 amide bonds. The van der Waals surface area contributed by atoms with Gasteiger partial charge in [-0.05, 0) is 36.9 Å². The van der Waals surface area contributed by atoms with Crippen LogP contribution >= 0.6 is 0 Å². The van der Waals surface area contributed by atoms with E-state index in [1.807, 2.05) is 0 Å². The first-order valence-electron chi connectivity index (χ1n) is 8.55. The topological polar surface area (TPSA) is 58.4 Å². The molecule has 1 aromatic carbocycles. The number of hydrogen-bond donors (Lipinski definition) is 2. The van der Waals surface area contributed by atoms with Crippen LogP contribution in [0.4, 0.5) is 0 Å². The Hall–Kier alpha value is -1.39. The number of nitrogens with one attached hydrogen (secondary N) is 1. The Kier molecular flexibility index (Phi) is 7.40. The number of rotatable bonds is 9. The lowest BCUT2D eigenvalue weighted by atomic mass is 10.00. The fraction of sp³-hybridized carbons (Fsp3) is 0.611. The van der Waals surface area contributed by atoms with Gasteiger partial charge in [-0.1, -0.05) is 37.1 Å².